The van der Waals surface area contributed by atoms with E-state index in [9.17, 15) is 23.1 Å². The first kappa shape index (κ1) is 24.6. The summed E-state index contributed by atoms with van der Waals surface area (Å²) < 4.78 is 45.0. The quantitative estimate of drug-likeness (QED) is 0.450. The van der Waals surface area contributed by atoms with Crippen LogP contribution in [0.2, 0.25) is 0 Å². The standard InChI is InChI=1S/C23H22F3N7O4/c24-23(25,26)14-3-1-2-13(8-14)19-28-9-17-20(30-19)33(15-5-7-32(17)10-15)22(36)31-21-27-6-4-18(29-21)37-12-16(35)11-34/h1-4,6,8-9,15-16,34-35H,5,7,10-12H2,(H,27,29,31,36)/t15-,16+/m0/s1. The molecule has 4 heterocycles. The maximum atomic E-state index is 13.4. The first-order chi connectivity index (χ1) is 17.7. The number of hydrogen-bond donors (Lipinski definition) is 3. The van der Waals surface area contributed by atoms with Gasteiger partial charge in [-0.15, -0.1) is 0 Å². The fourth-order valence-corrected chi connectivity index (χ4v) is 4.22. The second-order valence-corrected chi connectivity index (χ2v) is 8.54. The Bertz CT molecular complexity index is 1310. The number of alkyl halides is 3. The first-order valence-corrected chi connectivity index (χ1v) is 11.4. The third-order valence-corrected chi connectivity index (χ3v) is 6.00. The predicted octanol–water partition coefficient (Wildman–Crippen LogP) is 2.32. The van der Waals surface area contributed by atoms with Gasteiger partial charge < -0.3 is 19.8 Å². The maximum absolute atomic E-state index is 13.4. The summed E-state index contributed by atoms with van der Waals surface area (Å²) in [6.07, 6.45) is -2.08. The van der Waals surface area contributed by atoms with Gasteiger partial charge in [-0.1, -0.05) is 12.1 Å². The number of aromatic nitrogens is 4. The van der Waals surface area contributed by atoms with Crippen molar-refractivity contribution in [1.29, 1.82) is 0 Å². The van der Waals surface area contributed by atoms with Crippen LogP contribution in [0.4, 0.5) is 35.4 Å². The smallest absolute Gasteiger partial charge is 0.416 e. The van der Waals surface area contributed by atoms with Crippen LogP contribution in [0, 0.1) is 0 Å². The fraction of sp³-hybridized carbons (Fsp3) is 0.348. The maximum Gasteiger partial charge on any atom is 0.416 e. The Balaban J connectivity index is 1.42. The number of urea groups is 1. The molecule has 2 amide bonds. The minimum atomic E-state index is -4.52. The molecule has 0 radical (unpaired) electrons. The van der Waals surface area contributed by atoms with E-state index in [-0.39, 0.29) is 41.7 Å². The van der Waals surface area contributed by atoms with Crippen LogP contribution < -0.4 is 19.9 Å². The van der Waals surface area contributed by atoms with Crippen molar-refractivity contribution in [3.05, 3.63) is 48.3 Å². The molecule has 1 fully saturated rings. The van der Waals surface area contributed by atoms with Crippen LogP contribution in [-0.2, 0) is 6.18 Å². The van der Waals surface area contributed by atoms with Crippen molar-refractivity contribution in [3.63, 3.8) is 0 Å². The molecule has 194 valence electrons. The van der Waals surface area contributed by atoms with Crippen LogP contribution in [0.3, 0.4) is 0 Å². The Morgan fingerprint density at radius 2 is 2.08 bits per heavy atom. The molecule has 0 aliphatic carbocycles. The summed E-state index contributed by atoms with van der Waals surface area (Å²) in [7, 11) is 0. The minimum Gasteiger partial charge on any atom is -0.475 e. The molecule has 3 aromatic rings. The van der Waals surface area contributed by atoms with Crippen LogP contribution in [0.25, 0.3) is 11.4 Å². The largest absolute Gasteiger partial charge is 0.475 e. The van der Waals surface area contributed by atoms with E-state index in [0.717, 1.165) is 12.1 Å². The van der Waals surface area contributed by atoms with Crippen molar-refractivity contribution in [2.45, 2.75) is 24.7 Å². The van der Waals surface area contributed by atoms with Crippen LogP contribution in [0.1, 0.15) is 12.0 Å². The molecule has 2 bridgehead atoms. The lowest BCUT2D eigenvalue weighted by Gasteiger charge is -2.35. The highest BCUT2D eigenvalue weighted by Crippen LogP contribution is 2.40. The Kier molecular flexibility index (Phi) is 6.52. The van der Waals surface area contributed by atoms with Crippen LogP contribution in [-0.4, -0.2) is 74.6 Å². The lowest BCUT2D eigenvalue weighted by molar-refractivity contribution is -0.137. The number of aliphatic hydroxyl groups excluding tert-OH is 2. The van der Waals surface area contributed by atoms with E-state index in [4.69, 9.17) is 9.84 Å². The highest BCUT2D eigenvalue weighted by Gasteiger charge is 2.41. The molecule has 5 rings (SSSR count). The summed E-state index contributed by atoms with van der Waals surface area (Å²) in [5.41, 5.74) is -0.0599. The van der Waals surface area contributed by atoms with Crippen LogP contribution in [0.15, 0.2) is 42.7 Å². The Morgan fingerprint density at radius 1 is 1.24 bits per heavy atom. The Hall–Kier alpha value is -4.04. The SMILES string of the molecule is O=C(Nc1nccc(OC[C@H](O)CO)n1)N1c2nc(-c3cccc(C(F)(F)F)c3)ncc2N2CC[C@H]1C2. The molecular formula is C23H22F3N7O4. The molecule has 0 saturated carbocycles. The topological polar surface area (TPSA) is 137 Å². The number of nitrogens with one attached hydrogen (secondary N) is 1. The number of amides is 2. The van der Waals surface area contributed by atoms with E-state index in [2.05, 4.69) is 25.3 Å². The summed E-state index contributed by atoms with van der Waals surface area (Å²) in [5.74, 6) is 0.347. The van der Waals surface area contributed by atoms with Crippen molar-refractivity contribution >= 4 is 23.5 Å². The fourth-order valence-electron chi connectivity index (χ4n) is 4.22. The van der Waals surface area contributed by atoms with E-state index in [1.54, 1.807) is 0 Å². The molecule has 0 unspecified atom stereocenters. The molecule has 1 saturated heterocycles. The second kappa shape index (κ2) is 9.78. The lowest BCUT2D eigenvalue weighted by Crippen LogP contribution is -2.48. The molecule has 2 atom stereocenters. The molecule has 2 aliphatic rings. The molecule has 11 nitrogen and oxygen atoms in total. The average molecular weight is 517 g/mol. The zero-order valence-electron chi connectivity index (χ0n) is 19.3. The van der Waals surface area contributed by atoms with Gasteiger partial charge in [0.15, 0.2) is 11.6 Å². The summed E-state index contributed by atoms with van der Waals surface area (Å²) in [4.78, 5) is 33.7. The zero-order valence-corrected chi connectivity index (χ0v) is 19.3. The molecular weight excluding hydrogens is 495 g/mol. The van der Waals surface area contributed by atoms with Gasteiger partial charge in [0.25, 0.3) is 0 Å². The van der Waals surface area contributed by atoms with E-state index in [1.807, 2.05) is 4.90 Å². The zero-order chi connectivity index (χ0) is 26.2. The van der Waals surface area contributed by atoms with Crippen molar-refractivity contribution < 1.29 is 32.9 Å². The van der Waals surface area contributed by atoms with E-state index in [0.29, 0.717) is 25.2 Å². The summed E-state index contributed by atoms with van der Waals surface area (Å²) in [6.45, 7) is 0.538. The molecule has 1 aromatic carbocycles. The van der Waals surface area contributed by atoms with Gasteiger partial charge in [0.05, 0.1) is 30.1 Å². The van der Waals surface area contributed by atoms with Gasteiger partial charge in [-0.05, 0) is 18.6 Å². The Labute approximate surface area is 208 Å². The summed E-state index contributed by atoms with van der Waals surface area (Å²) >= 11 is 0. The van der Waals surface area contributed by atoms with E-state index >= 15 is 0 Å². The monoisotopic (exact) mass is 517 g/mol. The predicted molar refractivity (Wildman–Crippen MR) is 125 cm³/mol. The molecule has 0 spiro atoms. The third-order valence-electron chi connectivity index (χ3n) is 6.00. The van der Waals surface area contributed by atoms with Crippen molar-refractivity contribution in [2.75, 3.05) is 41.4 Å². The number of carbonyl (C=O) groups excluding carboxylic acids is 1. The molecule has 2 aromatic heterocycles. The van der Waals surface area contributed by atoms with Gasteiger partial charge in [-0.25, -0.2) is 19.7 Å². The van der Waals surface area contributed by atoms with Crippen molar-refractivity contribution in [2.24, 2.45) is 0 Å². The molecule has 14 heteroatoms. The summed E-state index contributed by atoms with van der Waals surface area (Å²) in [6, 6.07) is 5.33. The van der Waals surface area contributed by atoms with Crippen molar-refractivity contribution in [3.8, 4) is 17.3 Å². The number of carbonyl (C=O) groups is 1. The van der Waals surface area contributed by atoms with E-state index in [1.165, 1.54) is 35.5 Å². The van der Waals surface area contributed by atoms with Gasteiger partial charge >= 0.3 is 12.2 Å². The number of halogens is 3. The lowest BCUT2D eigenvalue weighted by atomic mass is 10.1. The highest BCUT2D eigenvalue weighted by molar-refractivity contribution is 6.03. The molecule has 37 heavy (non-hydrogen) atoms. The number of aliphatic hydroxyl groups is 2. The van der Waals surface area contributed by atoms with Crippen molar-refractivity contribution in [1.82, 2.24) is 19.9 Å². The molecule has 2 aliphatic heterocycles. The highest BCUT2D eigenvalue weighted by atomic mass is 19.4. The Morgan fingerprint density at radius 3 is 2.86 bits per heavy atom. The number of nitrogens with zero attached hydrogens (tertiary/aromatic N) is 6. The molecule has 3 N–H and O–H groups in total. The van der Waals surface area contributed by atoms with Gasteiger partial charge in [-0.2, -0.15) is 18.2 Å². The third kappa shape index (κ3) is 5.11. The first-order valence-electron chi connectivity index (χ1n) is 11.4. The summed E-state index contributed by atoms with van der Waals surface area (Å²) in [5, 5.41) is 21.0. The van der Waals surface area contributed by atoms with Crippen LogP contribution in [0.5, 0.6) is 5.88 Å². The average Bonchev–Trinajstić information content (AvgIpc) is 3.31. The number of fused-ring (bicyclic) bond motifs is 4. The number of benzene rings is 1. The normalized spacial score (nSPS) is 17.4. The van der Waals surface area contributed by atoms with Crippen LogP contribution >= 0.6 is 0 Å². The van der Waals surface area contributed by atoms with Gasteiger partial charge in [0.1, 0.15) is 12.7 Å². The van der Waals surface area contributed by atoms with Gasteiger partial charge in [0, 0.05) is 30.9 Å². The number of anilines is 3. The number of rotatable bonds is 6. The number of hydrogen-bond acceptors (Lipinski definition) is 9. The van der Waals surface area contributed by atoms with Gasteiger partial charge in [0.2, 0.25) is 11.8 Å². The van der Waals surface area contributed by atoms with E-state index < -0.39 is 30.5 Å². The number of ether oxygens (including phenoxy) is 1. The second-order valence-electron chi connectivity index (χ2n) is 8.54. The minimum absolute atomic E-state index is 0.0549. The van der Waals surface area contributed by atoms with Gasteiger partial charge in [-0.3, -0.25) is 10.2 Å².